The molecule has 0 saturated carbocycles. The van der Waals surface area contributed by atoms with E-state index < -0.39 is 0 Å². The number of nitrogens with zero attached hydrogens (tertiary/aromatic N) is 6. The molecule has 1 aliphatic heterocycles. The Kier molecular flexibility index (Phi) is 7.56. The predicted octanol–water partition coefficient (Wildman–Crippen LogP) is 5.38. The minimum absolute atomic E-state index is 0.0458. The van der Waals surface area contributed by atoms with Gasteiger partial charge >= 0.3 is 0 Å². The predicted molar refractivity (Wildman–Crippen MR) is 167 cm³/mol. The number of hydrogen-bond acceptors (Lipinski definition) is 5. The molecule has 0 aliphatic carbocycles. The van der Waals surface area contributed by atoms with Crippen LogP contribution in [-0.2, 0) is 17.9 Å². The van der Waals surface area contributed by atoms with Crippen LogP contribution in [0.15, 0.2) is 83.9 Å². The Labute approximate surface area is 249 Å². The second kappa shape index (κ2) is 11.4. The summed E-state index contributed by atoms with van der Waals surface area (Å²) in [7, 11) is 0. The molecule has 8 nitrogen and oxygen atoms in total. The highest BCUT2D eigenvalue weighted by atomic mass is 35.5. The van der Waals surface area contributed by atoms with E-state index in [9.17, 15) is 9.59 Å². The minimum Gasteiger partial charge on any atom is -0.337 e. The van der Waals surface area contributed by atoms with Crippen molar-refractivity contribution in [1.82, 2.24) is 24.2 Å². The molecule has 6 rings (SSSR count). The number of anilines is 1. The average molecular weight is 581 g/mol. The fourth-order valence-electron chi connectivity index (χ4n) is 5.82. The van der Waals surface area contributed by atoms with E-state index in [-0.39, 0.29) is 17.5 Å². The van der Waals surface area contributed by atoms with Crippen LogP contribution in [0.3, 0.4) is 0 Å². The zero-order valence-electron chi connectivity index (χ0n) is 24.0. The summed E-state index contributed by atoms with van der Waals surface area (Å²) in [5, 5.41) is 1.31. The van der Waals surface area contributed by atoms with Gasteiger partial charge in [-0.3, -0.25) is 14.3 Å². The fourth-order valence-corrected chi connectivity index (χ4v) is 6.02. The van der Waals surface area contributed by atoms with Gasteiger partial charge in [-0.1, -0.05) is 65.7 Å². The smallest absolute Gasteiger partial charge is 0.274 e. The van der Waals surface area contributed by atoms with Gasteiger partial charge in [0, 0.05) is 55.6 Å². The molecule has 0 N–H and O–H groups in total. The van der Waals surface area contributed by atoms with E-state index in [2.05, 4.69) is 33.9 Å². The van der Waals surface area contributed by atoms with E-state index >= 15 is 0 Å². The van der Waals surface area contributed by atoms with Gasteiger partial charge in [-0.05, 0) is 48.7 Å². The first-order chi connectivity index (χ1) is 20.3. The number of aromatic nitrogens is 4. The maximum atomic E-state index is 13.7. The number of benzene rings is 3. The SMILES string of the molecule is CC(=O)N1CCN(c2ncc(-c3ccc4c(=O)n(Cc5cccc(C)c5)n(Cc5ccccc5Cl)c4c3)cn2)C[C@H]1C. The van der Waals surface area contributed by atoms with Crippen molar-refractivity contribution in [3.63, 3.8) is 0 Å². The number of carbonyl (C=O) groups is 1. The van der Waals surface area contributed by atoms with E-state index in [0.29, 0.717) is 49.1 Å². The lowest BCUT2D eigenvalue weighted by Crippen LogP contribution is -2.53. The van der Waals surface area contributed by atoms with Gasteiger partial charge in [-0.25, -0.2) is 14.6 Å². The van der Waals surface area contributed by atoms with Crippen molar-refractivity contribution in [3.05, 3.63) is 111 Å². The molecule has 214 valence electrons. The van der Waals surface area contributed by atoms with Gasteiger partial charge in [-0.15, -0.1) is 0 Å². The largest absolute Gasteiger partial charge is 0.337 e. The van der Waals surface area contributed by atoms with Crippen molar-refractivity contribution in [1.29, 1.82) is 0 Å². The molecule has 3 heterocycles. The Morgan fingerprint density at radius 2 is 1.71 bits per heavy atom. The molecule has 9 heteroatoms. The van der Waals surface area contributed by atoms with Crippen molar-refractivity contribution in [2.45, 2.75) is 39.9 Å². The van der Waals surface area contributed by atoms with Crippen LogP contribution in [0, 0.1) is 6.92 Å². The lowest BCUT2D eigenvalue weighted by Gasteiger charge is -2.39. The highest BCUT2D eigenvalue weighted by Crippen LogP contribution is 2.26. The lowest BCUT2D eigenvalue weighted by atomic mass is 10.1. The highest BCUT2D eigenvalue weighted by molar-refractivity contribution is 6.31. The van der Waals surface area contributed by atoms with Crippen LogP contribution in [0.25, 0.3) is 22.0 Å². The number of hydrogen-bond donors (Lipinski definition) is 0. The van der Waals surface area contributed by atoms with Crippen LogP contribution in [0.4, 0.5) is 5.95 Å². The van der Waals surface area contributed by atoms with Gasteiger partial charge in [0.25, 0.3) is 5.56 Å². The molecular weight excluding hydrogens is 548 g/mol. The molecule has 5 aromatic rings. The first-order valence-electron chi connectivity index (χ1n) is 14.2. The van der Waals surface area contributed by atoms with Crippen LogP contribution in [0.1, 0.15) is 30.5 Å². The first-order valence-corrected chi connectivity index (χ1v) is 14.5. The summed E-state index contributed by atoms with van der Waals surface area (Å²) in [4.78, 5) is 38.9. The van der Waals surface area contributed by atoms with E-state index in [1.54, 1.807) is 11.6 Å². The summed E-state index contributed by atoms with van der Waals surface area (Å²) < 4.78 is 3.82. The second-order valence-corrected chi connectivity index (χ2v) is 11.4. The van der Waals surface area contributed by atoms with Crippen molar-refractivity contribution < 1.29 is 4.79 Å². The molecule has 0 bridgehead atoms. The molecule has 1 atom stereocenters. The molecule has 0 unspecified atom stereocenters. The van der Waals surface area contributed by atoms with Crippen LogP contribution < -0.4 is 10.5 Å². The zero-order valence-corrected chi connectivity index (χ0v) is 24.8. The van der Waals surface area contributed by atoms with Crippen LogP contribution in [0.2, 0.25) is 5.02 Å². The molecule has 1 amide bonds. The molecule has 0 radical (unpaired) electrons. The second-order valence-electron chi connectivity index (χ2n) is 11.0. The van der Waals surface area contributed by atoms with E-state index in [0.717, 1.165) is 33.3 Å². The van der Waals surface area contributed by atoms with E-state index in [4.69, 9.17) is 11.6 Å². The molecule has 3 aromatic carbocycles. The number of aryl methyl sites for hydroxylation is 1. The third-order valence-electron chi connectivity index (χ3n) is 8.01. The zero-order chi connectivity index (χ0) is 29.4. The van der Waals surface area contributed by atoms with Crippen molar-refractivity contribution in [2.24, 2.45) is 0 Å². The van der Waals surface area contributed by atoms with Crippen molar-refractivity contribution >= 4 is 34.4 Å². The monoisotopic (exact) mass is 580 g/mol. The standard InChI is InChI=1S/C33H33ClN6O2/c1-22-7-6-8-25(15-22)20-40-32(42)29-12-11-26(16-31(29)39(40)21-27-9-4-5-10-30(27)34)28-17-35-33(36-18-28)37-13-14-38(24(3)41)23(2)19-37/h4-12,15-18,23H,13-14,19-21H2,1-3H3/t23-/m1/s1. The normalized spacial score (nSPS) is 15.4. The summed E-state index contributed by atoms with van der Waals surface area (Å²) in [6, 6.07) is 21.9. The van der Waals surface area contributed by atoms with Crippen LogP contribution in [0.5, 0.6) is 0 Å². The average Bonchev–Trinajstić information content (AvgIpc) is 3.23. The Morgan fingerprint density at radius 3 is 2.43 bits per heavy atom. The van der Waals surface area contributed by atoms with Crippen molar-refractivity contribution in [2.75, 3.05) is 24.5 Å². The van der Waals surface area contributed by atoms with Crippen LogP contribution >= 0.6 is 11.6 Å². The number of halogens is 1. The van der Waals surface area contributed by atoms with Gasteiger partial charge < -0.3 is 9.80 Å². The molecule has 1 saturated heterocycles. The van der Waals surface area contributed by atoms with Gasteiger partial charge in [0.15, 0.2) is 0 Å². The number of fused-ring (bicyclic) bond motifs is 1. The number of amides is 1. The number of rotatable bonds is 6. The molecule has 1 aliphatic rings. The van der Waals surface area contributed by atoms with Gasteiger partial charge in [0.2, 0.25) is 11.9 Å². The van der Waals surface area contributed by atoms with E-state index in [1.165, 1.54) is 0 Å². The Morgan fingerprint density at radius 1 is 0.929 bits per heavy atom. The topological polar surface area (TPSA) is 76.3 Å². The highest BCUT2D eigenvalue weighted by Gasteiger charge is 2.26. The number of piperazine rings is 1. The van der Waals surface area contributed by atoms with Gasteiger partial charge in [0.1, 0.15) is 0 Å². The fraction of sp³-hybridized carbons (Fsp3) is 0.273. The van der Waals surface area contributed by atoms with Crippen LogP contribution in [-0.4, -0.2) is 55.8 Å². The molecule has 42 heavy (non-hydrogen) atoms. The quantitative estimate of drug-likeness (QED) is 0.270. The Bertz CT molecular complexity index is 1830. The summed E-state index contributed by atoms with van der Waals surface area (Å²) in [5.74, 6) is 0.740. The Hall–Kier alpha value is -4.43. The third kappa shape index (κ3) is 5.42. The van der Waals surface area contributed by atoms with Gasteiger partial charge in [-0.2, -0.15) is 0 Å². The maximum Gasteiger partial charge on any atom is 0.274 e. The molecule has 1 fully saturated rings. The summed E-state index contributed by atoms with van der Waals surface area (Å²) >= 11 is 6.56. The number of carbonyl (C=O) groups excluding carboxylic acids is 1. The minimum atomic E-state index is -0.0458. The summed E-state index contributed by atoms with van der Waals surface area (Å²) in [5.41, 5.74) is 5.70. The molecular formula is C33H33ClN6O2. The van der Waals surface area contributed by atoms with Gasteiger partial charge in [0.05, 0.1) is 24.0 Å². The first kappa shape index (κ1) is 27.7. The summed E-state index contributed by atoms with van der Waals surface area (Å²) in [6.07, 6.45) is 3.65. The Balaban J connectivity index is 1.36. The molecule has 0 spiro atoms. The lowest BCUT2D eigenvalue weighted by molar-refractivity contribution is -0.131. The van der Waals surface area contributed by atoms with E-state index in [1.807, 2.05) is 83.5 Å². The maximum absolute atomic E-state index is 13.7. The van der Waals surface area contributed by atoms with Crippen molar-refractivity contribution in [3.8, 4) is 11.1 Å². The third-order valence-corrected chi connectivity index (χ3v) is 8.38. The molecule has 2 aromatic heterocycles. The summed E-state index contributed by atoms with van der Waals surface area (Å²) in [6.45, 7) is 8.64.